The molecule has 0 aromatic heterocycles. The number of benzene rings is 2. The summed E-state index contributed by atoms with van der Waals surface area (Å²) >= 11 is 12.4. The molecule has 7 heteroatoms. The molecule has 5 nitrogen and oxygen atoms in total. The third-order valence-corrected chi connectivity index (χ3v) is 6.66. The van der Waals surface area contributed by atoms with Gasteiger partial charge in [-0.2, -0.15) is 5.10 Å². The molecule has 0 unspecified atom stereocenters. The van der Waals surface area contributed by atoms with Crippen LogP contribution in [-0.4, -0.2) is 35.9 Å². The molecule has 2 aromatic carbocycles. The Labute approximate surface area is 195 Å². The van der Waals surface area contributed by atoms with Gasteiger partial charge in [0.25, 0.3) is 0 Å². The maximum Gasteiger partial charge on any atom is 0.137 e. The Kier molecular flexibility index (Phi) is 7.10. The van der Waals surface area contributed by atoms with Crippen LogP contribution in [0.15, 0.2) is 53.6 Å². The van der Waals surface area contributed by atoms with Crippen molar-refractivity contribution in [2.75, 3.05) is 25.2 Å². The van der Waals surface area contributed by atoms with E-state index in [1.807, 2.05) is 41.4 Å². The number of halogens is 1. The van der Waals surface area contributed by atoms with Crippen molar-refractivity contribution in [2.45, 2.75) is 38.6 Å². The van der Waals surface area contributed by atoms with Gasteiger partial charge < -0.3 is 10.2 Å². The Morgan fingerprint density at radius 2 is 1.74 bits per heavy atom. The lowest BCUT2D eigenvalue weighted by atomic mass is 9.91. The summed E-state index contributed by atoms with van der Waals surface area (Å²) in [5, 5.41) is 9.92. The van der Waals surface area contributed by atoms with Crippen LogP contribution in [0.5, 0.6) is 5.75 Å². The van der Waals surface area contributed by atoms with Crippen molar-refractivity contribution in [3.05, 3.63) is 59.1 Å². The van der Waals surface area contributed by atoms with Crippen LogP contribution in [0.2, 0.25) is 5.02 Å². The van der Waals surface area contributed by atoms with E-state index in [0.717, 1.165) is 35.8 Å². The van der Waals surface area contributed by atoms with Gasteiger partial charge >= 0.3 is 0 Å². The van der Waals surface area contributed by atoms with Crippen LogP contribution in [0.4, 0.5) is 5.69 Å². The van der Waals surface area contributed by atoms with E-state index in [-0.39, 0.29) is 12.0 Å². The topological polar surface area (TPSA) is 40.1 Å². The average Bonchev–Trinajstić information content (AvgIpc) is 2.94. The molecule has 0 spiro atoms. The zero-order valence-corrected chi connectivity index (χ0v) is 19.6. The van der Waals surface area contributed by atoms with Gasteiger partial charge in [-0.3, -0.25) is 5.01 Å². The van der Waals surface area contributed by atoms with Gasteiger partial charge in [0.15, 0.2) is 0 Å². The minimum Gasteiger partial charge on any atom is -0.497 e. The zero-order valence-electron chi connectivity index (χ0n) is 18.1. The Balaban J connectivity index is 1.64. The van der Waals surface area contributed by atoms with Crippen molar-refractivity contribution in [3.8, 4) is 5.75 Å². The molecule has 0 amide bonds. The first kappa shape index (κ1) is 22.1. The third-order valence-electron chi connectivity index (χ3n) is 6.04. The zero-order chi connectivity index (χ0) is 21.8. The molecule has 2 heterocycles. The van der Waals surface area contributed by atoms with Crippen molar-refractivity contribution in [1.82, 2.24) is 10.4 Å². The molecule has 1 saturated heterocycles. The summed E-state index contributed by atoms with van der Waals surface area (Å²) in [5.41, 5.74) is 6.37. The largest absolute Gasteiger partial charge is 0.497 e. The maximum absolute atomic E-state index is 6.57. The first-order valence-electron chi connectivity index (χ1n) is 10.9. The minimum absolute atomic E-state index is 0.00955. The van der Waals surface area contributed by atoms with Gasteiger partial charge in [-0.1, -0.05) is 67.8 Å². The predicted octanol–water partition coefficient (Wildman–Crippen LogP) is 5.61. The number of nitrogens with zero attached hydrogens (tertiary/aromatic N) is 3. The van der Waals surface area contributed by atoms with Crippen LogP contribution in [0.25, 0.3) is 0 Å². The summed E-state index contributed by atoms with van der Waals surface area (Å²) in [6, 6.07) is 16.0. The molecular formula is C24H29ClN4OS. The highest BCUT2D eigenvalue weighted by molar-refractivity contribution is 7.82. The smallest absolute Gasteiger partial charge is 0.137 e. The molecule has 0 aliphatic carbocycles. The monoisotopic (exact) mass is 456 g/mol. The van der Waals surface area contributed by atoms with Gasteiger partial charge in [-0.05, 0) is 42.7 Å². The quantitative estimate of drug-likeness (QED) is 0.592. The van der Waals surface area contributed by atoms with E-state index in [4.69, 9.17) is 33.7 Å². The van der Waals surface area contributed by atoms with Crippen LogP contribution >= 0.6 is 23.8 Å². The number of anilines is 1. The number of hydrazone groups is 1. The Morgan fingerprint density at radius 1 is 1.06 bits per heavy atom. The molecule has 2 aliphatic heterocycles. The van der Waals surface area contributed by atoms with Crippen LogP contribution in [0.3, 0.4) is 0 Å². The van der Waals surface area contributed by atoms with Gasteiger partial charge in [-0.15, -0.1) is 0 Å². The molecule has 31 heavy (non-hydrogen) atoms. The van der Waals surface area contributed by atoms with E-state index in [1.165, 1.54) is 25.7 Å². The molecule has 0 radical (unpaired) electrons. The Hall–Kier alpha value is -2.15. The number of para-hydroxylation sites is 1. The number of hydrazine groups is 1. The molecule has 1 fully saturated rings. The highest BCUT2D eigenvalue weighted by Crippen LogP contribution is 2.42. The number of hydrogen-bond donors (Lipinski definition) is 1. The number of nitrogens with one attached hydrogen (secondary N) is 1. The van der Waals surface area contributed by atoms with E-state index in [0.29, 0.717) is 10.0 Å². The van der Waals surface area contributed by atoms with E-state index < -0.39 is 0 Å². The van der Waals surface area contributed by atoms with E-state index >= 15 is 0 Å². The summed E-state index contributed by atoms with van der Waals surface area (Å²) in [6.07, 6.45) is 4.94. The van der Waals surface area contributed by atoms with Crippen LogP contribution in [-0.2, 0) is 0 Å². The van der Waals surface area contributed by atoms with Crippen molar-refractivity contribution >= 4 is 40.2 Å². The molecule has 0 bridgehead atoms. The summed E-state index contributed by atoms with van der Waals surface area (Å²) in [7, 11) is 1.68. The van der Waals surface area contributed by atoms with Gasteiger partial charge in [0.2, 0.25) is 0 Å². The number of hydrogen-bond acceptors (Lipinski definition) is 5. The standard InChI is InChI=1S/C24H29ClN4OS/c1-17-22(24(31)27-28-15-7-3-4-8-16-28)26-29(21-10-6-5-9-20(21)25)23(17)18-11-13-19(30-2)14-12-18/h5-6,9-14,17,23H,3-4,7-8,15-16H2,1-2H3,(H,27,31)/t17-,23+/m0/s1. The second-order valence-electron chi connectivity index (χ2n) is 8.13. The van der Waals surface area contributed by atoms with Crippen molar-refractivity contribution in [1.29, 1.82) is 0 Å². The second kappa shape index (κ2) is 9.98. The Bertz CT molecular complexity index is 941. The van der Waals surface area contributed by atoms with Crippen LogP contribution in [0.1, 0.15) is 44.2 Å². The molecule has 2 aliphatic rings. The summed E-state index contributed by atoms with van der Waals surface area (Å²) in [4.78, 5) is 0.697. The Morgan fingerprint density at radius 3 is 2.39 bits per heavy atom. The molecule has 2 atom stereocenters. The lowest BCUT2D eigenvalue weighted by molar-refractivity contribution is 0.248. The summed E-state index contributed by atoms with van der Waals surface area (Å²) in [5.74, 6) is 0.926. The first-order chi connectivity index (χ1) is 15.1. The van der Waals surface area contributed by atoms with Crippen molar-refractivity contribution in [3.63, 3.8) is 0 Å². The molecule has 164 valence electrons. The fraction of sp³-hybridized carbons (Fsp3) is 0.417. The van der Waals surface area contributed by atoms with Gasteiger partial charge in [-0.25, -0.2) is 5.01 Å². The first-order valence-corrected chi connectivity index (χ1v) is 11.7. The van der Waals surface area contributed by atoms with E-state index in [1.54, 1.807) is 7.11 Å². The predicted molar refractivity (Wildman–Crippen MR) is 132 cm³/mol. The highest BCUT2D eigenvalue weighted by Gasteiger charge is 2.39. The molecule has 4 rings (SSSR count). The molecule has 2 aromatic rings. The van der Waals surface area contributed by atoms with Crippen LogP contribution in [0, 0.1) is 5.92 Å². The number of methoxy groups -OCH3 is 1. The van der Waals surface area contributed by atoms with Gasteiger partial charge in [0.1, 0.15) is 16.4 Å². The molecule has 0 saturated carbocycles. The average molecular weight is 457 g/mol. The highest BCUT2D eigenvalue weighted by atomic mass is 35.5. The molecule has 1 N–H and O–H groups in total. The lowest BCUT2D eigenvalue weighted by Gasteiger charge is -2.28. The second-order valence-corrected chi connectivity index (χ2v) is 8.95. The van der Waals surface area contributed by atoms with E-state index in [2.05, 4.69) is 29.5 Å². The molecular weight excluding hydrogens is 428 g/mol. The fourth-order valence-corrected chi connectivity index (χ4v) is 4.92. The summed E-state index contributed by atoms with van der Waals surface area (Å²) in [6.45, 7) is 4.21. The van der Waals surface area contributed by atoms with Crippen molar-refractivity contribution in [2.24, 2.45) is 11.0 Å². The number of ether oxygens (including phenoxy) is 1. The fourth-order valence-electron chi connectivity index (χ4n) is 4.34. The SMILES string of the molecule is COc1ccc([C@H]2[C@@H](C)C(C(=S)NN3CCCCCC3)=NN2c2ccccc2Cl)cc1. The van der Waals surface area contributed by atoms with Crippen molar-refractivity contribution < 1.29 is 4.74 Å². The van der Waals surface area contributed by atoms with E-state index in [9.17, 15) is 0 Å². The normalized spacial score (nSPS) is 22.0. The number of thiocarbonyl (C=S) groups is 1. The van der Waals surface area contributed by atoms with Gasteiger partial charge in [0.05, 0.1) is 23.9 Å². The maximum atomic E-state index is 6.57. The van der Waals surface area contributed by atoms with Crippen LogP contribution < -0.4 is 15.2 Å². The number of rotatable bonds is 5. The minimum atomic E-state index is -0.00955. The van der Waals surface area contributed by atoms with Gasteiger partial charge in [0, 0.05) is 19.0 Å². The third kappa shape index (κ3) is 4.86. The summed E-state index contributed by atoms with van der Waals surface area (Å²) < 4.78 is 5.34. The lowest BCUT2D eigenvalue weighted by Crippen LogP contribution is -2.45.